The summed E-state index contributed by atoms with van der Waals surface area (Å²) in [5, 5.41) is 0. The van der Waals surface area contributed by atoms with Crippen molar-refractivity contribution in [3.05, 3.63) is 22.4 Å². The second-order valence-electron chi connectivity index (χ2n) is 5.06. The summed E-state index contributed by atoms with van der Waals surface area (Å²) in [6.07, 6.45) is 6.70. The van der Waals surface area contributed by atoms with Crippen LogP contribution in [0.1, 0.15) is 45.4 Å². The van der Waals surface area contributed by atoms with Gasteiger partial charge in [0.25, 0.3) is 0 Å². The molecule has 3 nitrogen and oxygen atoms in total. The Kier molecular flexibility index (Phi) is 10.4. The summed E-state index contributed by atoms with van der Waals surface area (Å²) >= 11 is 16.9. The van der Waals surface area contributed by atoms with Crippen LogP contribution in [0.3, 0.4) is 0 Å². The highest BCUT2D eigenvalue weighted by atomic mass is 79.9. The van der Waals surface area contributed by atoms with Gasteiger partial charge in [0.15, 0.2) is 0 Å². The van der Waals surface area contributed by atoms with Crippen LogP contribution in [-0.2, 0) is 10.0 Å². The highest BCUT2D eigenvalue weighted by Gasteiger charge is 2.26. The maximum atomic E-state index is 12.6. The fraction of sp³-hybridized carbons (Fsp3) is 0.571. The Labute approximate surface area is 180 Å². The molecule has 0 aliphatic rings. The lowest BCUT2D eigenvalue weighted by Crippen LogP contribution is -2.25. The van der Waals surface area contributed by atoms with E-state index >= 15 is 0 Å². The predicted octanol–water partition coefficient (Wildman–Crippen LogP) is 7.14. The van der Waals surface area contributed by atoms with E-state index in [4.69, 9.17) is 0 Å². The molecule has 0 atom stereocenters. The number of unbranched alkanes of at least 4 members (excludes halogenated alkanes) is 5. The number of sulfonamides is 1. The molecule has 9 heteroatoms. The molecule has 0 heterocycles. The van der Waals surface area contributed by atoms with E-state index in [2.05, 4.69) is 91.3 Å². The zero-order valence-electron chi connectivity index (χ0n) is 12.6. The zero-order valence-corrected chi connectivity index (χ0v) is 21.3. The van der Waals surface area contributed by atoms with Gasteiger partial charge in [0.05, 0.1) is 8.95 Å². The zero-order chi connectivity index (χ0) is 17.6. The smallest absolute Gasteiger partial charge is 0.211 e. The van der Waals surface area contributed by atoms with Crippen LogP contribution in [0, 0.1) is 0 Å². The average Bonchev–Trinajstić information content (AvgIpc) is 2.50. The molecule has 0 aromatic heterocycles. The van der Waals surface area contributed by atoms with Crippen LogP contribution in [0.15, 0.2) is 27.3 Å². The minimum atomic E-state index is -3.61. The van der Waals surface area contributed by atoms with Crippen molar-refractivity contribution in [3.8, 4) is 0 Å². The summed E-state index contributed by atoms with van der Waals surface area (Å²) in [7, 11) is -3.61. The molecule has 0 bridgehead atoms. The minimum Gasteiger partial charge on any atom is -0.211 e. The van der Waals surface area contributed by atoms with Gasteiger partial charge in [0.1, 0.15) is 4.90 Å². The van der Waals surface area contributed by atoms with Gasteiger partial charge in [-0.25, -0.2) is 13.1 Å². The van der Waals surface area contributed by atoms with Gasteiger partial charge in [-0.3, -0.25) is 0 Å². The third-order valence-corrected chi connectivity index (χ3v) is 11.4. The van der Waals surface area contributed by atoms with Crippen LogP contribution in [0.4, 0.5) is 0 Å². The molecule has 0 aliphatic carbocycles. The molecule has 0 spiro atoms. The van der Waals surface area contributed by atoms with E-state index in [1.807, 2.05) is 0 Å². The summed E-state index contributed by atoms with van der Waals surface area (Å²) < 4.78 is 30.9. The number of halogens is 5. The number of hydrogen-bond acceptors (Lipinski definition) is 2. The van der Waals surface area contributed by atoms with E-state index in [0.29, 0.717) is 24.4 Å². The van der Waals surface area contributed by atoms with Crippen LogP contribution in [0.25, 0.3) is 0 Å². The highest BCUT2D eigenvalue weighted by Crippen LogP contribution is 2.46. The molecule has 1 aromatic carbocycles. The molecule has 0 fully saturated rings. The van der Waals surface area contributed by atoms with Gasteiger partial charge in [-0.2, -0.15) is 0 Å². The molecule has 1 rings (SSSR count). The van der Waals surface area contributed by atoms with Crippen LogP contribution >= 0.6 is 79.6 Å². The molecule has 1 aromatic rings. The molecule has 0 radical (unpaired) electrons. The van der Waals surface area contributed by atoms with Crippen molar-refractivity contribution in [2.45, 2.75) is 50.3 Å². The largest absolute Gasteiger partial charge is 0.242 e. The van der Waals surface area contributed by atoms with Crippen molar-refractivity contribution >= 4 is 89.7 Å². The molecule has 0 unspecified atom stereocenters. The first-order chi connectivity index (χ1) is 10.7. The highest BCUT2D eigenvalue weighted by molar-refractivity contribution is 9.15. The van der Waals surface area contributed by atoms with E-state index < -0.39 is 10.0 Å². The first-order valence-electron chi connectivity index (χ1n) is 7.25. The summed E-state index contributed by atoms with van der Waals surface area (Å²) in [5.41, 5.74) is 0. The first-order valence-corrected chi connectivity index (χ1v) is 12.7. The number of rotatable bonds is 9. The van der Waals surface area contributed by atoms with Gasteiger partial charge in [-0.05, 0) is 86.1 Å². The van der Waals surface area contributed by atoms with Crippen molar-refractivity contribution in [2.75, 3.05) is 6.54 Å². The van der Waals surface area contributed by atoms with Gasteiger partial charge >= 0.3 is 0 Å². The Morgan fingerprint density at radius 2 is 1.17 bits per heavy atom. The topological polar surface area (TPSA) is 46.2 Å². The van der Waals surface area contributed by atoms with Gasteiger partial charge in [-0.1, -0.05) is 39.0 Å². The Bertz CT molecular complexity index is 620. The van der Waals surface area contributed by atoms with Crippen molar-refractivity contribution in [1.29, 1.82) is 0 Å². The van der Waals surface area contributed by atoms with Crippen LogP contribution < -0.4 is 4.72 Å². The molecule has 0 saturated carbocycles. The number of hydrogen-bond donors (Lipinski definition) is 1. The maximum absolute atomic E-state index is 12.6. The third kappa shape index (κ3) is 6.32. The van der Waals surface area contributed by atoms with Crippen LogP contribution in [-0.4, -0.2) is 15.0 Å². The Balaban J connectivity index is 2.78. The van der Waals surface area contributed by atoms with Crippen molar-refractivity contribution < 1.29 is 8.42 Å². The van der Waals surface area contributed by atoms with Gasteiger partial charge < -0.3 is 0 Å². The SMILES string of the molecule is CCCCCCCCNS(=O)(=O)c1c(Br)c(Br)c(Br)c(Br)c1Br. The van der Waals surface area contributed by atoms with E-state index in [1.165, 1.54) is 19.3 Å². The number of benzene rings is 1. The molecule has 23 heavy (non-hydrogen) atoms. The van der Waals surface area contributed by atoms with Crippen LogP contribution in [0.5, 0.6) is 0 Å². The Morgan fingerprint density at radius 3 is 1.70 bits per heavy atom. The molecule has 0 aliphatic heterocycles. The quantitative estimate of drug-likeness (QED) is 0.174. The fourth-order valence-electron chi connectivity index (χ4n) is 2.00. The van der Waals surface area contributed by atoms with Crippen molar-refractivity contribution in [1.82, 2.24) is 4.72 Å². The monoisotopic (exact) mass is 659 g/mol. The lowest BCUT2D eigenvalue weighted by molar-refractivity contribution is 0.566. The third-order valence-electron chi connectivity index (χ3n) is 3.26. The number of nitrogens with one attached hydrogen (secondary N) is 1. The Morgan fingerprint density at radius 1 is 0.739 bits per heavy atom. The molecule has 132 valence electrons. The summed E-state index contributed by atoms with van der Waals surface area (Å²) in [6, 6.07) is 0. The molecule has 1 N–H and O–H groups in total. The second-order valence-corrected chi connectivity index (χ2v) is 10.7. The van der Waals surface area contributed by atoms with E-state index in [-0.39, 0.29) is 4.90 Å². The molecule has 0 saturated heterocycles. The van der Waals surface area contributed by atoms with Crippen molar-refractivity contribution in [2.24, 2.45) is 0 Å². The summed E-state index contributed by atoms with van der Waals surface area (Å²) in [6.45, 7) is 2.62. The maximum Gasteiger partial charge on any atom is 0.242 e. The molecule has 0 amide bonds. The van der Waals surface area contributed by atoms with E-state index in [9.17, 15) is 8.42 Å². The van der Waals surface area contributed by atoms with E-state index in [1.54, 1.807) is 0 Å². The van der Waals surface area contributed by atoms with Gasteiger partial charge in [0.2, 0.25) is 10.0 Å². The minimum absolute atomic E-state index is 0.186. The first kappa shape index (κ1) is 22.6. The summed E-state index contributed by atoms with van der Waals surface area (Å²) in [4.78, 5) is 0.186. The normalized spacial score (nSPS) is 11.9. The van der Waals surface area contributed by atoms with Gasteiger partial charge in [0, 0.05) is 20.0 Å². The van der Waals surface area contributed by atoms with Crippen molar-refractivity contribution in [3.63, 3.8) is 0 Å². The van der Waals surface area contributed by atoms with E-state index in [0.717, 1.165) is 23.7 Å². The molecular weight excluding hydrogens is 646 g/mol. The lowest BCUT2D eigenvalue weighted by Gasteiger charge is -2.14. The van der Waals surface area contributed by atoms with Gasteiger partial charge in [-0.15, -0.1) is 0 Å². The lowest BCUT2D eigenvalue weighted by atomic mass is 10.1. The standard InChI is InChI=1S/C14H18Br5NO2S/c1-2-3-4-5-6-7-8-20-23(21,22)14-12(18)10(16)9(15)11(17)13(14)19/h20H,2-8H2,1H3. The average molecular weight is 664 g/mol. The molecular formula is C14H18Br5NO2S. The Hall–Kier alpha value is 1.53. The fourth-order valence-corrected chi connectivity index (χ4v) is 7.83. The summed E-state index contributed by atoms with van der Waals surface area (Å²) in [5.74, 6) is 0. The predicted molar refractivity (Wildman–Crippen MR) is 114 cm³/mol. The second kappa shape index (κ2) is 10.6. The van der Waals surface area contributed by atoms with Crippen LogP contribution in [0.2, 0.25) is 0 Å².